The summed E-state index contributed by atoms with van der Waals surface area (Å²) < 4.78 is 1.92. The Balaban J connectivity index is 0. The van der Waals surface area contributed by atoms with Crippen molar-refractivity contribution in [3.8, 4) is 22.1 Å². The van der Waals surface area contributed by atoms with Gasteiger partial charge in [-0.1, -0.05) is 30.3 Å². The van der Waals surface area contributed by atoms with Gasteiger partial charge in [-0.25, -0.2) is 6.57 Å². The molecule has 0 atom stereocenters. The molecule has 3 rings (SSSR count). The van der Waals surface area contributed by atoms with Crippen molar-refractivity contribution in [2.45, 2.75) is 6.92 Å². The molecular weight excluding hydrogens is 540 g/mol. The minimum atomic E-state index is -0.0139. The number of carbonyl (C=O) groups is 1. The molecule has 0 aliphatic carbocycles. The number of nitrogens with two attached hydrogens (primary N) is 1. The van der Waals surface area contributed by atoms with Gasteiger partial charge in [-0.3, -0.25) is 4.79 Å². The van der Waals surface area contributed by atoms with Crippen molar-refractivity contribution in [2.75, 3.05) is 12.3 Å². The number of nitriles is 2. The maximum absolute atomic E-state index is 10.6. The first-order chi connectivity index (χ1) is 14.5. The van der Waals surface area contributed by atoms with E-state index in [4.69, 9.17) is 22.8 Å². The topological polar surface area (TPSA) is 95.0 Å². The standard InChI is InChI=1S/C11H8N2Se.C8H8O.C3H2N2.2Na.H2Se/c12-7-9-6-10(14-11(9)13)8-4-2-1-3-5-8;1-7(9)8-5-3-2-4-6-8;1-5-3-2-4;;;/h1-6H,13H2;2-6H,1H3;3H2;;;1H2. The van der Waals surface area contributed by atoms with Gasteiger partial charge in [0.25, 0.3) is 6.54 Å². The third-order valence-electron chi connectivity index (χ3n) is 3.27. The van der Waals surface area contributed by atoms with Crippen LogP contribution in [0.2, 0.25) is 0 Å². The fourth-order valence-corrected chi connectivity index (χ4v) is 3.80. The van der Waals surface area contributed by atoms with Crippen LogP contribution in [0, 0.1) is 29.2 Å². The molecule has 1 aromatic heterocycles. The molecule has 5 nitrogen and oxygen atoms in total. The van der Waals surface area contributed by atoms with Crippen molar-refractivity contribution in [1.82, 2.24) is 0 Å². The average molecular weight is 560 g/mol. The fourth-order valence-electron chi connectivity index (χ4n) is 1.95. The first-order valence-electron chi connectivity index (χ1n) is 9.14. The Hall–Kier alpha value is -1.10. The molecule has 0 unspecified atom stereocenters. The molecule has 0 radical (unpaired) electrons. The van der Waals surface area contributed by atoms with Crippen LogP contribution in [-0.4, -0.2) is 87.5 Å². The molecule has 0 saturated heterocycles. The summed E-state index contributed by atoms with van der Waals surface area (Å²) in [6.07, 6.45) is 0. The molecule has 3 aromatic rings. The number of ketones is 1. The maximum atomic E-state index is 10.6. The van der Waals surface area contributed by atoms with Crippen LogP contribution in [0.3, 0.4) is 0 Å². The van der Waals surface area contributed by atoms with E-state index in [0.717, 1.165) is 10.1 Å². The van der Waals surface area contributed by atoms with E-state index in [9.17, 15) is 4.79 Å². The number of Topliss-reactive ketones (excluding diaryl/α,β-unsaturated/α-hetero) is 1. The molecule has 0 saturated carbocycles. The zero-order valence-corrected chi connectivity index (χ0v) is 25.6. The summed E-state index contributed by atoms with van der Waals surface area (Å²) in [5.74, 6) is 0.121. The number of nitrogen functional groups attached to an aromatic ring is 1. The van der Waals surface area contributed by atoms with Gasteiger partial charge in [-0.05, 0) is 6.92 Å². The molecule has 9 heteroatoms. The van der Waals surface area contributed by atoms with E-state index in [2.05, 4.69) is 10.9 Å². The quantitative estimate of drug-likeness (QED) is 0.226. The Bertz CT molecular complexity index is 1010. The number of hydrogen-bond acceptors (Lipinski definition) is 4. The van der Waals surface area contributed by atoms with Gasteiger partial charge in [0.05, 0.1) is 0 Å². The Labute approximate surface area is 228 Å². The second-order valence-corrected chi connectivity index (χ2v) is 7.54. The zero-order valence-electron chi connectivity index (χ0n) is 17.8. The Kier molecular flexibility index (Phi) is 21.5. The fraction of sp³-hybridized carbons (Fsp3) is 0.0909. The van der Waals surface area contributed by atoms with E-state index in [0.29, 0.717) is 5.56 Å². The third kappa shape index (κ3) is 13.8. The van der Waals surface area contributed by atoms with Crippen molar-refractivity contribution >= 4 is 85.5 Å². The molecular formula is C22H20N4Na2OSe2. The first-order valence-corrected chi connectivity index (χ1v) is 18.9. The molecule has 0 fully saturated rings. The summed E-state index contributed by atoms with van der Waals surface area (Å²) in [7, 11) is 0. The third-order valence-corrected chi connectivity index (χ3v) is 5.40. The summed E-state index contributed by atoms with van der Waals surface area (Å²) in [4.78, 5) is 13.4. The molecule has 2 N–H and O–H groups in total. The number of benzene rings is 2. The number of nitrogens with zero attached hydrogens (tertiary/aromatic N) is 3. The predicted octanol–water partition coefficient (Wildman–Crippen LogP) is 2.51. The van der Waals surface area contributed by atoms with Crippen molar-refractivity contribution in [3.05, 3.63) is 89.3 Å². The minimum absolute atomic E-state index is 0. The Morgan fingerprint density at radius 2 is 1.61 bits per heavy atom. The summed E-state index contributed by atoms with van der Waals surface area (Å²) in [6.45, 7) is 7.56. The van der Waals surface area contributed by atoms with Gasteiger partial charge in [-0.15, -0.1) is 0 Å². The van der Waals surface area contributed by atoms with Crippen LogP contribution >= 0.6 is 0 Å². The molecule has 1 heterocycles. The van der Waals surface area contributed by atoms with E-state index >= 15 is 0 Å². The molecule has 0 bridgehead atoms. The van der Waals surface area contributed by atoms with Crippen molar-refractivity contribution < 1.29 is 4.79 Å². The average Bonchev–Trinajstić information content (AvgIpc) is 3.18. The van der Waals surface area contributed by atoms with Crippen LogP contribution in [-0.2, 0) is 0 Å². The predicted molar refractivity (Wildman–Crippen MR) is 132 cm³/mol. The van der Waals surface area contributed by atoms with Gasteiger partial charge >= 0.3 is 149 Å². The molecule has 0 amide bonds. The van der Waals surface area contributed by atoms with Crippen LogP contribution in [0.25, 0.3) is 14.8 Å². The summed E-state index contributed by atoms with van der Waals surface area (Å²) >= 11 is 3.01. The number of rotatable bonds is 2. The summed E-state index contributed by atoms with van der Waals surface area (Å²) in [5.41, 5.74) is 8.32. The van der Waals surface area contributed by atoms with Crippen LogP contribution in [0.4, 0.5) is 4.56 Å². The SMILES string of the molecule is CC(=O)c1ccccc1.N#Cc1cc(-c2ccccc2)[se]c1N.[C-]#[N+]CC#N.[Na][Na].[SeH2]. The van der Waals surface area contributed by atoms with E-state index in [-0.39, 0.29) is 43.9 Å². The normalized spacial score (nSPS) is 7.94. The van der Waals surface area contributed by atoms with Crippen molar-refractivity contribution in [2.24, 2.45) is 0 Å². The van der Waals surface area contributed by atoms with Crippen molar-refractivity contribution in [1.29, 1.82) is 10.5 Å². The zero-order chi connectivity index (χ0) is 22.8. The van der Waals surface area contributed by atoms with E-state index in [1.54, 1.807) is 13.0 Å². The van der Waals surface area contributed by atoms with Gasteiger partial charge in [0.2, 0.25) is 0 Å². The molecule has 2 aromatic carbocycles. The number of anilines is 1. The van der Waals surface area contributed by atoms with Crippen molar-refractivity contribution in [3.63, 3.8) is 0 Å². The van der Waals surface area contributed by atoms with Crippen LogP contribution in [0.5, 0.6) is 0 Å². The number of hydrogen-bond donors (Lipinski definition) is 1. The molecule has 0 spiro atoms. The number of carbonyl (C=O) groups excluding carboxylic acids is 1. The summed E-state index contributed by atoms with van der Waals surface area (Å²) in [5, 5.41) is 16.4. The molecule has 0 aliphatic rings. The van der Waals surface area contributed by atoms with E-state index in [1.807, 2.05) is 66.7 Å². The second kappa shape index (κ2) is 20.8. The van der Waals surface area contributed by atoms with Crippen LogP contribution in [0.15, 0.2) is 66.7 Å². The Morgan fingerprint density at radius 1 is 1.10 bits per heavy atom. The second-order valence-electron chi connectivity index (χ2n) is 5.26. The van der Waals surface area contributed by atoms with Gasteiger partial charge < -0.3 is 4.85 Å². The van der Waals surface area contributed by atoms with Gasteiger partial charge in [0.1, 0.15) is 6.07 Å². The molecule has 31 heavy (non-hydrogen) atoms. The molecule has 0 aliphatic heterocycles. The Morgan fingerprint density at radius 3 is 1.94 bits per heavy atom. The van der Waals surface area contributed by atoms with Gasteiger partial charge in [-0.2, -0.15) is 5.26 Å². The van der Waals surface area contributed by atoms with Crippen LogP contribution in [0.1, 0.15) is 22.8 Å². The molecule has 148 valence electrons. The van der Waals surface area contributed by atoms with E-state index < -0.39 is 0 Å². The van der Waals surface area contributed by atoms with Gasteiger partial charge in [0.15, 0.2) is 5.78 Å². The summed E-state index contributed by atoms with van der Waals surface area (Å²) in [6, 6.07) is 24.9. The monoisotopic (exact) mass is 562 g/mol. The van der Waals surface area contributed by atoms with E-state index in [1.165, 1.54) is 53.6 Å². The van der Waals surface area contributed by atoms with Gasteiger partial charge in [0, 0.05) is 5.56 Å². The van der Waals surface area contributed by atoms with Crippen LogP contribution < -0.4 is 5.73 Å². The first kappa shape index (κ1) is 32.1.